The van der Waals surface area contributed by atoms with Crippen molar-refractivity contribution < 1.29 is 4.48 Å². The second-order valence-electron chi connectivity index (χ2n) is 9.66. The zero-order chi connectivity index (χ0) is 22.5. The predicted octanol–water partition coefficient (Wildman–Crippen LogP) is 8.15. The lowest BCUT2D eigenvalue weighted by Crippen LogP contribution is -2.39. The molecule has 0 aliphatic heterocycles. The molecule has 0 atom stereocenters. The lowest BCUT2D eigenvalue weighted by molar-refractivity contribution is -0.903. The van der Waals surface area contributed by atoms with Crippen LogP contribution in [0, 0.1) is 0 Å². The van der Waals surface area contributed by atoms with Gasteiger partial charge in [0.1, 0.15) is 6.54 Å². The minimum absolute atomic E-state index is 1.11. The molecule has 176 valence electrons. The quantitative estimate of drug-likeness (QED) is 0.200. The van der Waals surface area contributed by atoms with Gasteiger partial charge in [-0.2, -0.15) is 0 Å². The average molecular weight is 429 g/mol. The lowest BCUT2D eigenvalue weighted by atomic mass is 10.0. The number of H-pyrrole nitrogens is 1. The fourth-order valence-corrected chi connectivity index (χ4v) is 4.11. The van der Waals surface area contributed by atoms with E-state index >= 15 is 0 Å². The highest BCUT2D eigenvalue weighted by molar-refractivity contribution is 5.13. The van der Waals surface area contributed by atoms with Gasteiger partial charge in [0.25, 0.3) is 0 Å². The zero-order valence-electron chi connectivity index (χ0n) is 20.8. The topological polar surface area (TPSA) is 28.7 Å². The molecule has 0 amide bonds. The van der Waals surface area contributed by atoms with E-state index in [0.717, 1.165) is 11.0 Å². The third kappa shape index (κ3) is 17.7. The van der Waals surface area contributed by atoms with Crippen LogP contribution in [0.1, 0.15) is 102 Å². The van der Waals surface area contributed by atoms with Crippen molar-refractivity contribution in [1.29, 1.82) is 0 Å². The van der Waals surface area contributed by atoms with Crippen LogP contribution in [0.25, 0.3) is 0 Å². The summed E-state index contributed by atoms with van der Waals surface area (Å²) in [6.45, 7) is 4.75. The van der Waals surface area contributed by atoms with E-state index in [-0.39, 0.29) is 0 Å². The minimum atomic E-state index is 1.11. The number of quaternary nitrogens is 1. The summed E-state index contributed by atoms with van der Waals surface area (Å²) in [5.74, 6) is 0. The summed E-state index contributed by atoms with van der Waals surface area (Å²) < 4.78 is 1.11. The number of hydrogen-bond donors (Lipinski definition) is 1. The van der Waals surface area contributed by atoms with E-state index in [1.165, 1.54) is 102 Å². The predicted molar refractivity (Wildman–Crippen MR) is 136 cm³/mol. The van der Waals surface area contributed by atoms with E-state index in [1.54, 1.807) is 18.7 Å². The molecule has 1 heterocycles. The first-order valence-electron chi connectivity index (χ1n) is 12.9. The number of imidazole rings is 1. The number of hydrogen-bond acceptors (Lipinski definition) is 1. The Morgan fingerprint density at radius 1 is 0.710 bits per heavy atom. The molecule has 0 fully saturated rings. The number of aromatic amines is 1. The molecule has 2 rings (SSSR count). The van der Waals surface area contributed by atoms with Crippen LogP contribution in [0.2, 0.25) is 0 Å². The van der Waals surface area contributed by atoms with Gasteiger partial charge in [0.2, 0.25) is 0 Å². The number of benzene rings is 1. The van der Waals surface area contributed by atoms with Gasteiger partial charge in [0, 0.05) is 18.0 Å². The van der Waals surface area contributed by atoms with E-state index in [4.69, 9.17) is 0 Å². The summed E-state index contributed by atoms with van der Waals surface area (Å²) in [5.41, 5.74) is 1.46. The van der Waals surface area contributed by atoms with Gasteiger partial charge in [0.05, 0.1) is 27.0 Å². The Bertz CT molecular complexity index is 560. The Balaban J connectivity index is 0.000000836. The highest BCUT2D eigenvalue weighted by Crippen LogP contribution is 2.15. The molecule has 1 N–H and O–H groups in total. The standard InChI is InChI=1S/C25H46N.C3H4N2/c1-4-5-6-7-8-9-10-11-12-13-14-15-16-20-23-26(2,3)24-25-21-18-17-19-22-25;1-2-5-3-4-1/h17-19,21-22H,4-16,20,23-24H2,1-3H3;1-3H,(H,4,5)/q+1;. The molecule has 0 bridgehead atoms. The van der Waals surface area contributed by atoms with Crippen molar-refractivity contribution in [3.8, 4) is 0 Å². The Hall–Kier alpha value is -1.61. The van der Waals surface area contributed by atoms with Gasteiger partial charge >= 0.3 is 0 Å². The van der Waals surface area contributed by atoms with Gasteiger partial charge in [-0.1, -0.05) is 114 Å². The van der Waals surface area contributed by atoms with Crippen molar-refractivity contribution >= 4 is 0 Å². The Morgan fingerprint density at radius 2 is 1.23 bits per heavy atom. The fourth-order valence-electron chi connectivity index (χ4n) is 4.11. The molecule has 0 saturated heterocycles. The van der Waals surface area contributed by atoms with Gasteiger partial charge in [-0.15, -0.1) is 0 Å². The number of nitrogens with zero attached hydrogens (tertiary/aromatic N) is 2. The molecule has 3 nitrogen and oxygen atoms in total. The number of unbranched alkanes of at least 4 members (excludes halogenated alkanes) is 13. The average Bonchev–Trinajstić information content (AvgIpc) is 3.35. The molecular weight excluding hydrogens is 378 g/mol. The SMILES string of the molecule is CCCCCCCCCCCCCCCC[N+](C)(C)Cc1ccccc1.c1c[nH]cn1. The monoisotopic (exact) mass is 428 g/mol. The van der Waals surface area contributed by atoms with Gasteiger partial charge in [-0.3, -0.25) is 0 Å². The van der Waals surface area contributed by atoms with Crippen LogP contribution < -0.4 is 0 Å². The van der Waals surface area contributed by atoms with Crippen LogP contribution in [0.4, 0.5) is 0 Å². The first kappa shape index (κ1) is 27.4. The minimum Gasteiger partial charge on any atom is -0.351 e. The molecule has 3 heteroatoms. The summed E-state index contributed by atoms with van der Waals surface area (Å²) in [4.78, 5) is 6.42. The van der Waals surface area contributed by atoms with E-state index in [0.29, 0.717) is 0 Å². The molecule has 0 aliphatic rings. The summed E-state index contributed by atoms with van der Waals surface area (Å²) in [5, 5.41) is 0. The Labute approximate surface area is 193 Å². The van der Waals surface area contributed by atoms with Crippen LogP contribution >= 0.6 is 0 Å². The summed E-state index contributed by atoms with van der Waals surface area (Å²) in [6, 6.07) is 10.9. The van der Waals surface area contributed by atoms with Crippen molar-refractivity contribution in [3.63, 3.8) is 0 Å². The number of aromatic nitrogens is 2. The maximum Gasteiger partial charge on any atom is 0.104 e. The molecule has 1 aromatic heterocycles. The zero-order valence-corrected chi connectivity index (χ0v) is 20.8. The second kappa shape index (κ2) is 19.1. The summed E-state index contributed by atoms with van der Waals surface area (Å²) in [6.07, 6.45) is 25.3. The summed E-state index contributed by atoms with van der Waals surface area (Å²) >= 11 is 0. The van der Waals surface area contributed by atoms with E-state index in [1.807, 2.05) is 0 Å². The van der Waals surface area contributed by atoms with Crippen LogP contribution in [0.3, 0.4) is 0 Å². The maximum atomic E-state index is 3.67. The molecule has 0 spiro atoms. The Morgan fingerprint density at radius 3 is 1.65 bits per heavy atom. The van der Waals surface area contributed by atoms with Gasteiger partial charge in [-0.25, -0.2) is 4.98 Å². The Kier molecular flexibility index (Phi) is 16.9. The molecule has 0 unspecified atom stereocenters. The van der Waals surface area contributed by atoms with Crippen LogP contribution in [-0.4, -0.2) is 35.1 Å². The van der Waals surface area contributed by atoms with Crippen molar-refractivity contribution in [2.24, 2.45) is 0 Å². The van der Waals surface area contributed by atoms with E-state index < -0.39 is 0 Å². The van der Waals surface area contributed by atoms with Crippen molar-refractivity contribution in [3.05, 3.63) is 54.6 Å². The molecule has 1 aromatic carbocycles. The molecule has 0 radical (unpaired) electrons. The van der Waals surface area contributed by atoms with Crippen molar-refractivity contribution in [2.75, 3.05) is 20.6 Å². The van der Waals surface area contributed by atoms with E-state index in [2.05, 4.69) is 61.3 Å². The highest BCUT2D eigenvalue weighted by Gasteiger charge is 2.14. The van der Waals surface area contributed by atoms with Crippen LogP contribution in [-0.2, 0) is 6.54 Å². The third-order valence-corrected chi connectivity index (χ3v) is 5.98. The normalized spacial score (nSPS) is 11.2. The fraction of sp³-hybridized carbons (Fsp3) is 0.679. The van der Waals surface area contributed by atoms with Gasteiger partial charge in [0.15, 0.2) is 0 Å². The molecule has 31 heavy (non-hydrogen) atoms. The molecule has 0 saturated carbocycles. The first-order chi connectivity index (χ1) is 15.1. The van der Waals surface area contributed by atoms with Gasteiger partial charge in [-0.05, 0) is 12.8 Å². The maximum absolute atomic E-state index is 3.67. The molecular formula is C28H50N3+. The first-order valence-corrected chi connectivity index (χ1v) is 12.9. The number of nitrogens with one attached hydrogen (secondary N) is 1. The summed E-state index contributed by atoms with van der Waals surface area (Å²) in [7, 11) is 4.74. The van der Waals surface area contributed by atoms with Crippen molar-refractivity contribution in [2.45, 2.75) is 103 Å². The lowest BCUT2D eigenvalue weighted by Gasteiger charge is -2.30. The smallest absolute Gasteiger partial charge is 0.104 e. The van der Waals surface area contributed by atoms with Crippen LogP contribution in [0.5, 0.6) is 0 Å². The van der Waals surface area contributed by atoms with Crippen molar-refractivity contribution in [1.82, 2.24) is 9.97 Å². The van der Waals surface area contributed by atoms with Gasteiger partial charge < -0.3 is 9.47 Å². The van der Waals surface area contributed by atoms with Crippen LogP contribution in [0.15, 0.2) is 49.1 Å². The molecule has 0 aliphatic carbocycles. The largest absolute Gasteiger partial charge is 0.351 e. The number of rotatable bonds is 17. The highest BCUT2D eigenvalue weighted by atomic mass is 15.3. The third-order valence-electron chi connectivity index (χ3n) is 5.98. The second-order valence-corrected chi connectivity index (χ2v) is 9.66. The van der Waals surface area contributed by atoms with E-state index in [9.17, 15) is 0 Å². The molecule has 2 aromatic rings.